The smallest absolute Gasteiger partial charge is 0.241 e. The number of aliphatic hydroxyl groups is 1. The summed E-state index contributed by atoms with van der Waals surface area (Å²) in [6, 6.07) is 1.83. The second-order valence-electron chi connectivity index (χ2n) is 4.73. The van der Waals surface area contributed by atoms with E-state index in [9.17, 15) is 17.9 Å². The van der Waals surface area contributed by atoms with Gasteiger partial charge < -0.3 is 10.8 Å². The van der Waals surface area contributed by atoms with Crippen molar-refractivity contribution >= 4 is 15.7 Å². The molecule has 0 saturated heterocycles. The van der Waals surface area contributed by atoms with Crippen molar-refractivity contribution in [1.29, 1.82) is 0 Å². The third-order valence-corrected chi connectivity index (χ3v) is 4.38. The molecule has 4 N–H and O–H groups in total. The van der Waals surface area contributed by atoms with Crippen LogP contribution in [-0.4, -0.2) is 25.7 Å². The molecule has 0 aliphatic heterocycles. The molecule has 0 bridgehead atoms. The summed E-state index contributed by atoms with van der Waals surface area (Å²) in [6.45, 7) is 4.57. The maximum atomic E-state index is 13.5. The molecule has 0 aliphatic carbocycles. The molecule has 0 fully saturated rings. The lowest BCUT2D eigenvalue weighted by molar-refractivity contribution is 0.175. The first-order valence-electron chi connectivity index (χ1n) is 5.89. The highest BCUT2D eigenvalue weighted by molar-refractivity contribution is 7.89. The molecule has 0 amide bonds. The number of halogens is 1. The van der Waals surface area contributed by atoms with Crippen molar-refractivity contribution in [3.63, 3.8) is 0 Å². The fourth-order valence-corrected chi connectivity index (χ4v) is 3.39. The van der Waals surface area contributed by atoms with Crippen molar-refractivity contribution in [2.75, 3.05) is 5.73 Å². The first kappa shape index (κ1) is 15.9. The van der Waals surface area contributed by atoms with Gasteiger partial charge in [-0.1, -0.05) is 0 Å². The minimum atomic E-state index is -3.86. The molecule has 2 unspecified atom stereocenters. The minimum Gasteiger partial charge on any atom is -0.399 e. The van der Waals surface area contributed by atoms with Crippen molar-refractivity contribution in [3.05, 3.63) is 23.5 Å². The summed E-state index contributed by atoms with van der Waals surface area (Å²) in [5, 5.41) is 9.22. The van der Waals surface area contributed by atoms with Crippen LogP contribution in [0.2, 0.25) is 0 Å². The lowest BCUT2D eigenvalue weighted by atomic mass is 10.2. The van der Waals surface area contributed by atoms with Crippen LogP contribution in [0.1, 0.15) is 25.8 Å². The van der Waals surface area contributed by atoms with Crippen LogP contribution in [0, 0.1) is 12.7 Å². The van der Waals surface area contributed by atoms with Gasteiger partial charge in [-0.3, -0.25) is 0 Å². The predicted molar refractivity (Wildman–Crippen MR) is 71.6 cm³/mol. The highest BCUT2D eigenvalue weighted by atomic mass is 32.2. The van der Waals surface area contributed by atoms with Crippen molar-refractivity contribution < 1.29 is 17.9 Å². The Hall–Kier alpha value is -1.18. The number of aliphatic hydroxyl groups excluding tert-OH is 1. The SMILES string of the molecule is Cc1c(F)cc(N)cc1S(=O)(=O)NC(C)CC(C)O. The highest BCUT2D eigenvalue weighted by Crippen LogP contribution is 2.22. The van der Waals surface area contributed by atoms with Crippen molar-refractivity contribution in [2.24, 2.45) is 0 Å². The average molecular weight is 290 g/mol. The van der Waals surface area contributed by atoms with Gasteiger partial charge in [-0.2, -0.15) is 0 Å². The van der Waals surface area contributed by atoms with E-state index in [4.69, 9.17) is 5.73 Å². The number of rotatable bonds is 5. The van der Waals surface area contributed by atoms with Gasteiger partial charge >= 0.3 is 0 Å². The molecule has 7 heteroatoms. The molecule has 108 valence electrons. The molecule has 0 spiro atoms. The fourth-order valence-electron chi connectivity index (χ4n) is 1.84. The van der Waals surface area contributed by atoms with Crippen LogP contribution in [0.5, 0.6) is 0 Å². The number of anilines is 1. The number of nitrogens with two attached hydrogens (primary N) is 1. The summed E-state index contributed by atoms with van der Waals surface area (Å²) in [7, 11) is -3.86. The number of nitrogen functional groups attached to an aromatic ring is 1. The van der Waals surface area contributed by atoms with Crippen molar-refractivity contribution in [3.8, 4) is 0 Å². The summed E-state index contributed by atoms with van der Waals surface area (Å²) >= 11 is 0. The Morgan fingerprint density at radius 2 is 2.00 bits per heavy atom. The molecule has 0 aromatic heterocycles. The monoisotopic (exact) mass is 290 g/mol. The van der Waals surface area contributed by atoms with E-state index in [0.29, 0.717) is 0 Å². The van der Waals surface area contributed by atoms with E-state index in [1.54, 1.807) is 13.8 Å². The molecule has 0 radical (unpaired) electrons. The second kappa shape index (κ2) is 5.85. The minimum absolute atomic E-state index is 0.0194. The average Bonchev–Trinajstić information content (AvgIpc) is 2.20. The van der Waals surface area contributed by atoms with Crippen LogP contribution >= 0.6 is 0 Å². The number of hydrogen-bond acceptors (Lipinski definition) is 4. The molecule has 0 saturated carbocycles. The summed E-state index contributed by atoms with van der Waals surface area (Å²) in [5.41, 5.74) is 5.53. The lowest BCUT2D eigenvalue weighted by Crippen LogP contribution is -2.35. The van der Waals surface area contributed by atoms with Gasteiger partial charge in [0.05, 0.1) is 11.0 Å². The first-order chi connectivity index (χ1) is 8.63. The number of hydrogen-bond donors (Lipinski definition) is 3. The van der Waals surface area contributed by atoms with Crippen LogP contribution in [-0.2, 0) is 10.0 Å². The van der Waals surface area contributed by atoms with Crippen LogP contribution < -0.4 is 10.5 Å². The van der Waals surface area contributed by atoms with E-state index < -0.39 is 28.0 Å². The summed E-state index contributed by atoms with van der Waals surface area (Å²) < 4.78 is 40.2. The Labute approximate surface area is 112 Å². The van der Waals surface area contributed by atoms with Crippen LogP contribution in [0.25, 0.3) is 0 Å². The standard InChI is InChI=1S/C12H19FN2O3S/c1-7(4-8(2)16)15-19(17,18)12-6-10(14)5-11(13)9(12)3/h5-8,15-16H,4,14H2,1-3H3. The van der Waals surface area contributed by atoms with Gasteiger partial charge in [0.15, 0.2) is 0 Å². The summed E-state index contributed by atoms with van der Waals surface area (Å²) in [6.07, 6.45) is -0.361. The third-order valence-electron chi connectivity index (χ3n) is 2.66. The van der Waals surface area contributed by atoms with Gasteiger partial charge in [0, 0.05) is 17.3 Å². The zero-order chi connectivity index (χ0) is 14.8. The quantitative estimate of drug-likeness (QED) is 0.709. The number of nitrogens with one attached hydrogen (secondary N) is 1. The van der Waals surface area contributed by atoms with Gasteiger partial charge in [0.25, 0.3) is 0 Å². The molecule has 1 aromatic rings. The van der Waals surface area contributed by atoms with E-state index >= 15 is 0 Å². The largest absolute Gasteiger partial charge is 0.399 e. The Bertz CT molecular complexity index is 558. The Kier molecular flexibility index (Phi) is 4.89. The topological polar surface area (TPSA) is 92.4 Å². The molecular formula is C12H19FN2O3S. The van der Waals surface area contributed by atoms with Crippen molar-refractivity contribution in [2.45, 2.75) is 44.2 Å². The third kappa shape index (κ3) is 4.15. The van der Waals surface area contributed by atoms with E-state index in [1.165, 1.54) is 13.0 Å². The molecule has 1 aromatic carbocycles. The van der Waals surface area contributed by atoms with Gasteiger partial charge in [0.1, 0.15) is 5.82 Å². The van der Waals surface area contributed by atoms with E-state index in [0.717, 1.165) is 6.07 Å². The van der Waals surface area contributed by atoms with Crippen LogP contribution in [0.15, 0.2) is 17.0 Å². The molecule has 0 aliphatic rings. The highest BCUT2D eigenvalue weighted by Gasteiger charge is 2.22. The Balaban J connectivity index is 3.07. The number of benzene rings is 1. The molecule has 5 nitrogen and oxygen atoms in total. The molecule has 2 atom stereocenters. The van der Waals surface area contributed by atoms with E-state index in [-0.39, 0.29) is 22.6 Å². The molecule has 1 rings (SSSR count). The van der Waals surface area contributed by atoms with E-state index in [2.05, 4.69) is 4.72 Å². The van der Waals surface area contributed by atoms with Crippen LogP contribution in [0.4, 0.5) is 10.1 Å². The van der Waals surface area contributed by atoms with Gasteiger partial charge in [-0.05, 0) is 39.3 Å². The van der Waals surface area contributed by atoms with Crippen molar-refractivity contribution in [1.82, 2.24) is 4.72 Å². The Morgan fingerprint density at radius 1 is 1.42 bits per heavy atom. The summed E-state index contributed by atoms with van der Waals surface area (Å²) in [4.78, 5) is -0.178. The molecular weight excluding hydrogens is 271 g/mol. The van der Waals surface area contributed by atoms with E-state index in [1.807, 2.05) is 0 Å². The Morgan fingerprint density at radius 3 is 2.53 bits per heavy atom. The predicted octanol–water partition coefficient (Wildman–Crippen LogP) is 1.15. The second-order valence-corrected chi connectivity index (χ2v) is 6.42. The summed E-state index contributed by atoms with van der Waals surface area (Å²) in [5.74, 6) is -0.663. The zero-order valence-corrected chi connectivity index (χ0v) is 12.0. The zero-order valence-electron chi connectivity index (χ0n) is 11.1. The van der Waals surface area contributed by atoms with Gasteiger partial charge in [-0.25, -0.2) is 17.5 Å². The maximum absolute atomic E-state index is 13.5. The molecule has 19 heavy (non-hydrogen) atoms. The first-order valence-corrected chi connectivity index (χ1v) is 7.38. The lowest BCUT2D eigenvalue weighted by Gasteiger charge is -2.17. The molecule has 0 heterocycles. The van der Waals surface area contributed by atoms with Gasteiger partial charge in [0.2, 0.25) is 10.0 Å². The van der Waals surface area contributed by atoms with Crippen LogP contribution in [0.3, 0.4) is 0 Å². The number of sulfonamides is 1. The maximum Gasteiger partial charge on any atom is 0.241 e. The normalized spacial score (nSPS) is 15.2. The fraction of sp³-hybridized carbons (Fsp3) is 0.500. The van der Waals surface area contributed by atoms with Gasteiger partial charge in [-0.15, -0.1) is 0 Å².